The van der Waals surface area contributed by atoms with Gasteiger partial charge >= 0.3 is 0 Å². The van der Waals surface area contributed by atoms with E-state index >= 15 is 0 Å². The number of rotatable bonds is 7. The standard InChI is InChI=1S/C17H21ClN4O3/c18-16-11-13(25-21-16)4-5-17(23)20-12-15(14-3-1-2-6-19-14)22-7-9-24-10-8-22/h1-3,6,11,15H,4-5,7-10,12H2,(H,20,23)/t15-/m1/s1. The van der Waals surface area contributed by atoms with Crippen LogP contribution < -0.4 is 5.32 Å². The van der Waals surface area contributed by atoms with Crippen LogP contribution in [-0.4, -0.2) is 53.8 Å². The summed E-state index contributed by atoms with van der Waals surface area (Å²) >= 11 is 5.70. The van der Waals surface area contributed by atoms with Crippen LogP contribution >= 0.6 is 11.6 Å². The summed E-state index contributed by atoms with van der Waals surface area (Å²) in [5.41, 5.74) is 0.951. The van der Waals surface area contributed by atoms with Gasteiger partial charge in [-0.1, -0.05) is 22.8 Å². The second-order valence-corrected chi connectivity index (χ2v) is 6.23. The Bertz CT molecular complexity index is 674. The lowest BCUT2D eigenvalue weighted by Gasteiger charge is -2.34. The summed E-state index contributed by atoms with van der Waals surface area (Å²) < 4.78 is 10.4. The maximum Gasteiger partial charge on any atom is 0.220 e. The van der Waals surface area contributed by atoms with Crippen molar-refractivity contribution < 1.29 is 14.1 Å². The highest BCUT2D eigenvalue weighted by atomic mass is 35.5. The van der Waals surface area contributed by atoms with E-state index in [9.17, 15) is 4.79 Å². The predicted octanol–water partition coefficient (Wildman–Crippen LogP) is 1.85. The topological polar surface area (TPSA) is 80.5 Å². The van der Waals surface area contributed by atoms with Crippen molar-refractivity contribution in [2.75, 3.05) is 32.8 Å². The molecule has 1 saturated heterocycles. The molecule has 3 heterocycles. The molecule has 1 amide bonds. The largest absolute Gasteiger partial charge is 0.379 e. The number of pyridine rings is 1. The number of hydrogen-bond acceptors (Lipinski definition) is 6. The summed E-state index contributed by atoms with van der Waals surface area (Å²) in [6, 6.07) is 7.50. The third-order valence-electron chi connectivity index (χ3n) is 4.14. The minimum Gasteiger partial charge on any atom is -0.379 e. The molecule has 134 valence electrons. The first-order valence-electron chi connectivity index (χ1n) is 8.33. The molecule has 0 aliphatic carbocycles. The molecule has 1 aliphatic rings. The van der Waals surface area contributed by atoms with Crippen LogP contribution in [0.4, 0.5) is 0 Å². The van der Waals surface area contributed by atoms with Crippen molar-refractivity contribution in [2.24, 2.45) is 0 Å². The molecular weight excluding hydrogens is 344 g/mol. The van der Waals surface area contributed by atoms with Crippen molar-refractivity contribution in [1.82, 2.24) is 20.4 Å². The number of nitrogens with one attached hydrogen (secondary N) is 1. The number of ether oxygens (including phenoxy) is 1. The van der Waals surface area contributed by atoms with Crippen molar-refractivity contribution in [3.05, 3.63) is 47.1 Å². The highest BCUT2D eigenvalue weighted by molar-refractivity contribution is 6.29. The van der Waals surface area contributed by atoms with Crippen molar-refractivity contribution in [3.8, 4) is 0 Å². The first-order chi connectivity index (χ1) is 12.2. The molecule has 0 radical (unpaired) electrons. The molecule has 0 bridgehead atoms. The van der Waals surface area contributed by atoms with Gasteiger partial charge in [0.1, 0.15) is 5.76 Å². The molecule has 7 nitrogen and oxygen atoms in total. The molecule has 1 atom stereocenters. The zero-order chi connectivity index (χ0) is 17.5. The van der Waals surface area contributed by atoms with Gasteiger partial charge in [-0.15, -0.1) is 0 Å². The molecule has 1 N–H and O–H groups in total. The first-order valence-corrected chi connectivity index (χ1v) is 8.70. The highest BCUT2D eigenvalue weighted by Crippen LogP contribution is 2.19. The Morgan fingerprint density at radius 3 is 2.88 bits per heavy atom. The number of morpholine rings is 1. The van der Waals surface area contributed by atoms with Crippen LogP contribution in [0.25, 0.3) is 0 Å². The van der Waals surface area contributed by atoms with E-state index in [1.54, 1.807) is 12.3 Å². The number of nitrogens with zero attached hydrogens (tertiary/aromatic N) is 3. The number of aromatic nitrogens is 2. The molecule has 25 heavy (non-hydrogen) atoms. The zero-order valence-electron chi connectivity index (χ0n) is 13.9. The Balaban J connectivity index is 1.55. The van der Waals surface area contributed by atoms with Gasteiger partial charge < -0.3 is 14.6 Å². The Morgan fingerprint density at radius 2 is 2.20 bits per heavy atom. The molecular formula is C17H21ClN4O3. The number of halogens is 1. The van der Waals surface area contributed by atoms with E-state index in [1.807, 2.05) is 18.2 Å². The number of carbonyl (C=O) groups excluding carboxylic acids is 1. The molecule has 8 heteroatoms. The Morgan fingerprint density at radius 1 is 1.36 bits per heavy atom. The number of aryl methyl sites for hydroxylation is 1. The molecule has 0 aromatic carbocycles. The third kappa shape index (κ3) is 5.26. The van der Waals surface area contributed by atoms with Gasteiger partial charge in [-0.2, -0.15) is 0 Å². The van der Waals surface area contributed by atoms with Crippen LogP contribution in [0, 0.1) is 0 Å². The summed E-state index contributed by atoms with van der Waals surface area (Å²) in [4.78, 5) is 18.9. The summed E-state index contributed by atoms with van der Waals surface area (Å²) in [5.74, 6) is 0.566. The van der Waals surface area contributed by atoms with Crippen molar-refractivity contribution in [3.63, 3.8) is 0 Å². The zero-order valence-corrected chi connectivity index (χ0v) is 14.6. The van der Waals surface area contributed by atoms with E-state index in [0.29, 0.717) is 43.5 Å². The van der Waals surface area contributed by atoms with Gasteiger partial charge in [0.15, 0.2) is 5.15 Å². The average molecular weight is 365 g/mol. The lowest BCUT2D eigenvalue weighted by Crippen LogP contribution is -2.44. The van der Waals surface area contributed by atoms with Crippen LogP contribution in [0.1, 0.15) is 23.9 Å². The molecule has 2 aromatic rings. The second-order valence-electron chi connectivity index (χ2n) is 5.84. The highest BCUT2D eigenvalue weighted by Gasteiger charge is 2.24. The van der Waals surface area contributed by atoms with Gasteiger partial charge in [0.2, 0.25) is 5.91 Å². The molecule has 0 spiro atoms. The van der Waals surface area contributed by atoms with E-state index in [4.69, 9.17) is 20.9 Å². The fourth-order valence-corrected chi connectivity index (χ4v) is 2.98. The van der Waals surface area contributed by atoms with Crippen LogP contribution in [0.3, 0.4) is 0 Å². The summed E-state index contributed by atoms with van der Waals surface area (Å²) in [5, 5.41) is 6.90. The first kappa shape index (κ1) is 17.8. The number of hydrogen-bond donors (Lipinski definition) is 1. The van der Waals surface area contributed by atoms with E-state index < -0.39 is 0 Å². The SMILES string of the molecule is O=C(CCc1cc(Cl)no1)NC[C@H](c1ccccn1)N1CCOCC1. The Kier molecular flexibility index (Phi) is 6.38. The van der Waals surface area contributed by atoms with Crippen LogP contribution in [0.2, 0.25) is 5.15 Å². The van der Waals surface area contributed by atoms with E-state index in [-0.39, 0.29) is 11.9 Å². The predicted molar refractivity (Wildman–Crippen MR) is 92.2 cm³/mol. The number of carbonyl (C=O) groups is 1. The summed E-state index contributed by atoms with van der Waals surface area (Å²) in [6.45, 7) is 3.56. The minimum absolute atomic E-state index is 0.0359. The van der Waals surface area contributed by atoms with Crippen molar-refractivity contribution in [2.45, 2.75) is 18.9 Å². The Hall–Kier alpha value is -1.96. The Labute approximate surface area is 151 Å². The van der Waals surface area contributed by atoms with Crippen LogP contribution in [-0.2, 0) is 16.0 Å². The molecule has 0 saturated carbocycles. The fraction of sp³-hybridized carbons (Fsp3) is 0.471. The van der Waals surface area contributed by atoms with Crippen LogP contribution in [0.15, 0.2) is 35.0 Å². The molecule has 2 aromatic heterocycles. The smallest absolute Gasteiger partial charge is 0.220 e. The molecule has 3 rings (SSSR count). The normalized spacial score (nSPS) is 16.5. The average Bonchev–Trinajstić information content (AvgIpc) is 3.07. The molecule has 1 aliphatic heterocycles. The third-order valence-corrected chi connectivity index (χ3v) is 4.31. The van der Waals surface area contributed by atoms with Gasteiger partial charge in [0.25, 0.3) is 0 Å². The van der Waals surface area contributed by atoms with E-state index in [1.165, 1.54) is 0 Å². The van der Waals surface area contributed by atoms with Crippen molar-refractivity contribution >= 4 is 17.5 Å². The fourth-order valence-electron chi connectivity index (χ4n) is 2.82. The van der Waals surface area contributed by atoms with Gasteiger partial charge in [-0.05, 0) is 12.1 Å². The lowest BCUT2D eigenvalue weighted by atomic mass is 10.1. The molecule has 0 unspecified atom stereocenters. The van der Waals surface area contributed by atoms with Crippen LogP contribution in [0.5, 0.6) is 0 Å². The monoisotopic (exact) mass is 364 g/mol. The maximum atomic E-state index is 12.2. The van der Waals surface area contributed by atoms with Gasteiger partial charge in [-0.3, -0.25) is 14.7 Å². The van der Waals surface area contributed by atoms with E-state index in [0.717, 1.165) is 18.8 Å². The minimum atomic E-state index is -0.0401. The summed E-state index contributed by atoms with van der Waals surface area (Å²) in [7, 11) is 0. The van der Waals surface area contributed by atoms with Gasteiger partial charge in [-0.25, -0.2) is 0 Å². The van der Waals surface area contributed by atoms with Gasteiger partial charge in [0, 0.05) is 44.7 Å². The van der Waals surface area contributed by atoms with E-state index in [2.05, 4.69) is 20.4 Å². The molecule has 1 fully saturated rings. The second kappa shape index (κ2) is 8.94. The maximum absolute atomic E-state index is 12.2. The quantitative estimate of drug-likeness (QED) is 0.807. The lowest BCUT2D eigenvalue weighted by molar-refractivity contribution is -0.121. The number of amides is 1. The van der Waals surface area contributed by atoms with Gasteiger partial charge in [0.05, 0.1) is 24.9 Å². The summed E-state index contributed by atoms with van der Waals surface area (Å²) in [6.07, 6.45) is 2.57. The van der Waals surface area contributed by atoms with Crippen molar-refractivity contribution in [1.29, 1.82) is 0 Å².